The molecule has 0 atom stereocenters. The Morgan fingerprint density at radius 1 is 0.857 bits per heavy atom. The lowest BCUT2D eigenvalue weighted by atomic mass is 10.0. The molecule has 180 valence electrons. The molecule has 4 aromatic rings. The van der Waals surface area contributed by atoms with E-state index in [1.54, 1.807) is 38.4 Å². The highest BCUT2D eigenvalue weighted by atomic mass is 16.5. The zero-order chi connectivity index (χ0) is 24.6. The lowest BCUT2D eigenvalue weighted by Crippen LogP contribution is -2.29. The smallest absolute Gasteiger partial charge is 0.270 e. The van der Waals surface area contributed by atoms with Gasteiger partial charge < -0.3 is 24.3 Å². The van der Waals surface area contributed by atoms with Crippen LogP contribution < -0.4 is 24.3 Å². The van der Waals surface area contributed by atoms with E-state index >= 15 is 0 Å². The van der Waals surface area contributed by atoms with Gasteiger partial charge in [-0.2, -0.15) is 0 Å². The summed E-state index contributed by atoms with van der Waals surface area (Å²) in [5.41, 5.74) is 3.18. The maximum absolute atomic E-state index is 12.8. The summed E-state index contributed by atoms with van der Waals surface area (Å²) in [5, 5.41) is 2.88. The van der Waals surface area contributed by atoms with Gasteiger partial charge in [0.15, 0.2) is 11.5 Å². The fourth-order valence-corrected chi connectivity index (χ4v) is 3.62. The van der Waals surface area contributed by atoms with Crippen LogP contribution in [0.4, 0.5) is 0 Å². The van der Waals surface area contributed by atoms with Crippen molar-refractivity contribution in [1.82, 2.24) is 14.9 Å². The number of nitrogens with one attached hydrogen (secondary N) is 1. The number of hydrogen-bond acceptors (Lipinski definition) is 6. The summed E-state index contributed by atoms with van der Waals surface area (Å²) in [6, 6.07) is 20.9. The number of rotatable bonds is 10. The average Bonchev–Trinajstić information content (AvgIpc) is 3.41. The van der Waals surface area contributed by atoms with Gasteiger partial charge in [-0.15, -0.1) is 0 Å². The minimum Gasteiger partial charge on any atom is -0.497 e. The van der Waals surface area contributed by atoms with Crippen molar-refractivity contribution in [3.05, 3.63) is 84.9 Å². The highest BCUT2D eigenvalue weighted by Gasteiger charge is 2.14. The van der Waals surface area contributed by atoms with Crippen molar-refractivity contribution >= 4 is 5.91 Å². The number of carbonyl (C=O) groups excluding carboxylic acids is 1. The second-order valence-electron chi connectivity index (χ2n) is 7.55. The number of amides is 1. The third-order valence-electron chi connectivity index (χ3n) is 5.43. The predicted molar refractivity (Wildman–Crippen MR) is 133 cm³/mol. The molecular weight excluding hydrogens is 446 g/mol. The molecule has 0 aliphatic rings. The molecule has 3 aromatic carbocycles. The van der Waals surface area contributed by atoms with Crippen molar-refractivity contribution in [1.29, 1.82) is 0 Å². The van der Waals surface area contributed by atoms with E-state index < -0.39 is 0 Å². The summed E-state index contributed by atoms with van der Waals surface area (Å²) in [4.78, 5) is 17.0. The zero-order valence-electron chi connectivity index (χ0n) is 19.9. The molecule has 1 amide bonds. The van der Waals surface area contributed by atoms with E-state index in [1.807, 2.05) is 66.7 Å². The zero-order valence-corrected chi connectivity index (χ0v) is 19.9. The van der Waals surface area contributed by atoms with E-state index in [4.69, 9.17) is 18.9 Å². The Balaban J connectivity index is 1.43. The van der Waals surface area contributed by atoms with Gasteiger partial charge in [0.25, 0.3) is 5.91 Å². The van der Waals surface area contributed by atoms with Crippen molar-refractivity contribution in [2.24, 2.45) is 0 Å². The van der Waals surface area contributed by atoms with Crippen LogP contribution in [0, 0.1) is 0 Å². The first kappa shape index (κ1) is 23.7. The molecular formula is C27H27N3O5. The Morgan fingerprint density at radius 3 is 2.34 bits per heavy atom. The number of ether oxygens (including phenoxy) is 4. The van der Waals surface area contributed by atoms with Crippen LogP contribution in [0.15, 0.2) is 79.3 Å². The van der Waals surface area contributed by atoms with E-state index in [1.165, 1.54) is 0 Å². The quantitative estimate of drug-likeness (QED) is 0.344. The van der Waals surface area contributed by atoms with Gasteiger partial charge in [-0.25, -0.2) is 4.98 Å². The van der Waals surface area contributed by atoms with Gasteiger partial charge in [-0.05, 0) is 59.7 Å². The second-order valence-corrected chi connectivity index (χ2v) is 7.55. The lowest BCUT2D eigenvalue weighted by molar-refractivity contribution is 0.0940. The van der Waals surface area contributed by atoms with Crippen LogP contribution >= 0.6 is 0 Å². The van der Waals surface area contributed by atoms with E-state index in [-0.39, 0.29) is 5.91 Å². The molecule has 1 heterocycles. The number of aromatic nitrogens is 2. The standard InChI is InChI=1S/C27H27N3O5/c1-32-22-8-10-23(11-9-22)35-14-13-29-27(31)24-17-28-18-30(24)21-6-4-5-19(15-21)20-7-12-25(33-2)26(16-20)34-3/h4-12,15-18H,13-14H2,1-3H3,(H,29,31). The third kappa shape index (κ3) is 5.55. The Kier molecular flexibility index (Phi) is 7.52. The highest BCUT2D eigenvalue weighted by Crippen LogP contribution is 2.33. The van der Waals surface area contributed by atoms with Crippen LogP contribution in [-0.2, 0) is 0 Å². The molecule has 1 N–H and O–H groups in total. The molecule has 8 nitrogen and oxygen atoms in total. The number of imidazole rings is 1. The molecule has 0 bridgehead atoms. The minimum absolute atomic E-state index is 0.239. The molecule has 0 unspecified atom stereocenters. The monoisotopic (exact) mass is 473 g/mol. The molecule has 1 aromatic heterocycles. The Bertz CT molecular complexity index is 1280. The van der Waals surface area contributed by atoms with Gasteiger partial charge in [0.05, 0.1) is 40.4 Å². The molecule has 0 saturated carbocycles. The summed E-state index contributed by atoms with van der Waals surface area (Å²) in [7, 11) is 4.83. The van der Waals surface area contributed by atoms with Crippen molar-refractivity contribution in [3.63, 3.8) is 0 Å². The summed E-state index contributed by atoms with van der Waals surface area (Å²) >= 11 is 0. The van der Waals surface area contributed by atoms with Crippen LogP contribution in [0.2, 0.25) is 0 Å². The van der Waals surface area contributed by atoms with Crippen molar-refractivity contribution < 1.29 is 23.7 Å². The second kappa shape index (κ2) is 11.1. The minimum atomic E-state index is -0.239. The Labute approximate surface area is 204 Å². The Hall–Kier alpha value is -4.46. The number of carbonyl (C=O) groups is 1. The molecule has 4 rings (SSSR count). The van der Waals surface area contributed by atoms with Gasteiger partial charge in [-0.3, -0.25) is 9.36 Å². The van der Waals surface area contributed by atoms with Gasteiger partial charge in [0.2, 0.25) is 0 Å². The molecule has 0 saturated heterocycles. The van der Waals surface area contributed by atoms with E-state index in [0.29, 0.717) is 36.1 Å². The largest absolute Gasteiger partial charge is 0.497 e. The van der Waals surface area contributed by atoms with E-state index in [2.05, 4.69) is 10.3 Å². The first-order valence-corrected chi connectivity index (χ1v) is 11.0. The maximum Gasteiger partial charge on any atom is 0.270 e. The van der Waals surface area contributed by atoms with Gasteiger partial charge in [-0.1, -0.05) is 18.2 Å². The van der Waals surface area contributed by atoms with Gasteiger partial charge in [0, 0.05) is 5.69 Å². The Morgan fingerprint density at radius 2 is 1.60 bits per heavy atom. The van der Waals surface area contributed by atoms with E-state index in [9.17, 15) is 4.79 Å². The average molecular weight is 474 g/mol. The lowest BCUT2D eigenvalue weighted by Gasteiger charge is -2.12. The number of hydrogen-bond donors (Lipinski definition) is 1. The van der Waals surface area contributed by atoms with Crippen LogP contribution in [0.5, 0.6) is 23.0 Å². The first-order chi connectivity index (χ1) is 17.1. The van der Waals surface area contributed by atoms with Gasteiger partial charge >= 0.3 is 0 Å². The van der Waals surface area contributed by atoms with Crippen molar-refractivity contribution in [2.45, 2.75) is 0 Å². The number of nitrogens with zero attached hydrogens (tertiary/aromatic N) is 2. The fourth-order valence-electron chi connectivity index (χ4n) is 3.62. The van der Waals surface area contributed by atoms with Crippen LogP contribution in [-0.4, -0.2) is 49.9 Å². The summed E-state index contributed by atoms with van der Waals surface area (Å²) in [5.74, 6) is 2.54. The van der Waals surface area contributed by atoms with E-state index in [0.717, 1.165) is 22.6 Å². The molecule has 8 heteroatoms. The first-order valence-electron chi connectivity index (χ1n) is 11.0. The van der Waals surface area contributed by atoms with Crippen LogP contribution in [0.1, 0.15) is 10.5 Å². The number of methoxy groups -OCH3 is 3. The molecule has 0 fully saturated rings. The topological polar surface area (TPSA) is 83.8 Å². The summed E-state index contributed by atoms with van der Waals surface area (Å²) < 4.78 is 23.3. The maximum atomic E-state index is 12.8. The summed E-state index contributed by atoms with van der Waals surface area (Å²) in [6.07, 6.45) is 3.17. The highest BCUT2D eigenvalue weighted by molar-refractivity contribution is 5.93. The molecule has 35 heavy (non-hydrogen) atoms. The normalized spacial score (nSPS) is 10.5. The third-order valence-corrected chi connectivity index (χ3v) is 5.43. The van der Waals surface area contributed by atoms with Crippen LogP contribution in [0.25, 0.3) is 16.8 Å². The molecule has 0 radical (unpaired) electrons. The predicted octanol–water partition coefficient (Wildman–Crippen LogP) is 4.37. The molecule has 0 aliphatic carbocycles. The van der Waals surface area contributed by atoms with Gasteiger partial charge in [0.1, 0.15) is 23.8 Å². The van der Waals surface area contributed by atoms with Crippen LogP contribution in [0.3, 0.4) is 0 Å². The van der Waals surface area contributed by atoms with Crippen molar-refractivity contribution in [3.8, 4) is 39.8 Å². The molecule has 0 spiro atoms. The number of benzene rings is 3. The SMILES string of the molecule is COc1ccc(OCCNC(=O)c2cncn2-c2cccc(-c3ccc(OC)c(OC)c3)c2)cc1. The fraction of sp³-hybridized carbons (Fsp3) is 0.185. The summed E-state index contributed by atoms with van der Waals surface area (Å²) in [6.45, 7) is 0.683. The molecule has 0 aliphatic heterocycles. The van der Waals surface area contributed by atoms with Crippen molar-refractivity contribution in [2.75, 3.05) is 34.5 Å².